The number of benzene rings is 2. The van der Waals surface area contributed by atoms with Crippen LogP contribution in [0.25, 0.3) is 0 Å². The number of primary amides is 1. The third-order valence-electron chi connectivity index (χ3n) is 3.36. The first-order chi connectivity index (χ1) is 13.2. The monoisotopic (exact) mass is 367 g/mol. The molecule has 10 heteroatoms. The summed E-state index contributed by atoms with van der Waals surface area (Å²) < 4.78 is 10.5. The molecule has 10 nitrogen and oxygen atoms in total. The molecule has 3 aromatic rings. The minimum Gasteiger partial charge on any atom is -0.493 e. The van der Waals surface area contributed by atoms with Crippen LogP contribution in [0.5, 0.6) is 11.5 Å². The van der Waals surface area contributed by atoms with Gasteiger partial charge in [-0.2, -0.15) is 5.10 Å². The lowest BCUT2D eigenvalue weighted by atomic mass is 10.2. The van der Waals surface area contributed by atoms with E-state index in [1.165, 1.54) is 11.9 Å². The molecule has 1 amide bonds. The number of nitrogens with two attached hydrogens (primary N) is 1. The van der Waals surface area contributed by atoms with Gasteiger partial charge in [0.2, 0.25) is 0 Å². The molecule has 0 saturated heterocycles. The molecule has 1 aromatic heterocycles. The number of carbonyl (C=O) groups excluding carboxylic acids is 1. The summed E-state index contributed by atoms with van der Waals surface area (Å²) in [6.45, 7) is -0.233. The highest BCUT2D eigenvalue weighted by Crippen LogP contribution is 2.27. The van der Waals surface area contributed by atoms with Gasteiger partial charge in [0, 0.05) is 5.69 Å². The fourth-order valence-electron chi connectivity index (χ4n) is 2.14. The average Bonchev–Trinajstić information content (AvgIpc) is 3.12. The fourth-order valence-corrected chi connectivity index (χ4v) is 2.14. The number of ether oxygens (including phenoxy) is 2. The standard InChI is InChI=1S/C17H17N7O3/c1-26-15-9-12(7-8-14(15)27-11-16(18)25)10-19-24-17(21-22-23-24)20-13-5-3-2-4-6-13/h2-10H,11H2,1H3,(H2,18,25)(H,20,21,23). The number of tetrazole rings is 1. The third kappa shape index (κ3) is 4.78. The van der Waals surface area contributed by atoms with Crippen molar-refractivity contribution in [3.63, 3.8) is 0 Å². The first-order valence-corrected chi connectivity index (χ1v) is 7.89. The van der Waals surface area contributed by atoms with Crippen molar-refractivity contribution in [1.82, 2.24) is 20.3 Å². The van der Waals surface area contributed by atoms with Crippen molar-refractivity contribution in [1.29, 1.82) is 0 Å². The number of amides is 1. The lowest BCUT2D eigenvalue weighted by Crippen LogP contribution is -2.20. The maximum Gasteiger partial charge on any atom is 0.269 e. The molecular formula is C17H17N7O3. The Hall–Kier alpha value is -3.95. The molecule has 0 aliphatic carbocycles. The normalized spacial score (nSPS) is 10.7. The number of carbonyl (C=O) groups is 1. The van der Waals surface area contributed by atoms with Crippen LogP contribution < -0.4 is 20.5 Å². The predicted molar refractivity (Wildman–Crippen MR) is 98.2 cm³/mol. The van der Waals surface area contributed by atoms with Crippen LogP contribution in [0.3, 0.4) is 0 Å². The zero-order valence-electron chi connectivity index (χ0n) is 14.4. The summed E-state index contributed by atoms with van der Waals surface area (Å²) in [5.41, 5.74) is 6.64. The smallest absolute Gasteiger partial charge is 0.269 e. The van der Waals surface area contributed by atoms with Gasteiger partial charge in [0.1, 0.15) is 0 Å². The Balaban J connectivity index is 1.75. The summed E-state index contributed by atoms with van der Waals surface area (Å²) in [4.78, 5) is 12.1. The van der Waals surface area contributed by atoms with Crippen LogP contribution in [0.15, 0.2) is 53.6 Å². The summed E-state index contributed by atoms with van der Waals surface area (Å²) >= 11 is 0. The second-order valence-corrected chi connectivity index (χ2v) is 5.29. The molecule has 0 radical (unpaired) electrons. The molecule has 0 aliphatic heterocycles. The molecule has 0 aliphatic rings. The average molecular weight is 367 g/mol. The van der Waals surface area contributed by atoms with E-state index < -0.39 is 5.91 Å². The molecule has 0 spiro atoms. The van der Waals surface area contributed by atoms with Gasteiger partial charge >= 0.3 is 0 Å². The van der Waals surface area contributed by atoms with Crippen molar-refractivity contribution in [2.24, 2.45) is 10.8 Å². The van der Waals surface area contributed by atoms with Crippen molar-refractivity contribution in [3.8, 4) is 11.5 Å². The van der Waals surface area contributed by atoms with E-state index in [0.717, 1.165) is 11.3 Å². The van der Waals surface area contributed by atoms with E-state index in [1.54, 1.807) is 24.4 Å². The number of nitrogens with one attached hydrogen (secondary N) is 1. The highest BCUT2D eigenvalue weighted by Gasteiger charge is 2.08. The molecular weight excluding hydrogens is 350 g/mol. The Bertz CT molecular complexity index is 941. The molecule has 0 unspecified atom stereocenters. The summed E-state index contributed by atoms with van der Waals surface area (Å²) in [5, 5.41) is 18.6. The predicted octanol–water partition coefficient (Wildman–Crippen LogP) is 1.17. The molecule has 27 heavy (non-hydrogen) atoms. The van der Waals surface area contributed by atoms with E-state index in [4.69, 9.17) is 15.2 Å². The van der Waals surface area contributed by atoms with Crippen LogP contribution in [-0.4, -0.2) is 46.2 Å². The number of methoxy groups -OCH3 is 1. The Labute approximate surface area is 154 Å². The summed E-state index contributed by atoms with van der Waals surface area (Å²) in [7, 11) is 1.50. The lowest BCUT2D eigenvalue weighted by Gasteiger charge is -2.09. The Kier molecular flexibility index (Phi) is 5.57. The Morgan fingerprint density at radius 3 is 2.81 bits per heavy atom. The second-order valence-electron chi connectivity index (χ2n) is 5.29. The highest BCUT2D eigenvalue weighted by molar-refractivity contribution is 5.81. The van der Waals surface area contributed by atoms with Crippen molar-refractivity contribution in [2.45, 2.75) is 0 Å². The van der Waals surface area contributed by atoms with Gasteiger partial charge in [0.25, 0.3) is 11.9 Å². The van der Waals surface area contributed by atoms with Gasteiger partial charge in [0.05, 0.1) is 13.3 Å². The van der Waals surface area contributed by atoms with Crippen LogP contribution >= 0.6 is 0 Å². The third-order valence-corrected chi connectivity index (χ3v) is 3.36. The maximum atomic E-state index is 10.8. The van der Waals surface area contributed by atoms with Gasteiger partial charge in [0.15, 0.2) is 18.1 Å². The largest absolute Gasteiger partial charge is 0.493 e. The maximum absolute atomic E-state index is 10.8. The molecule has 0 bridgehead atoms. The Morgan fingerprint density at radius 2 is 2.07 bits per heavy atom. The van der Waals surface area contributed by atoms with Gasteiger partial charge in [-0.3, -0.25) is 4.79 Å². The van der Waals surface area contributed by atoms with Gasteiger partial charge in [-0.25, -0.2) is 0 Å². The van der Waals surface area contributed by atoms with Gasteiger partial charge in [-0.15, -0.1) is 0 Å². The molecule has 1 heterocycles. The number of anilines is 2. The summed E-state index contributed by atoms with van der Waals surface area (Å²) in [6.07, 6.45) is 1.56. The first kappa shape index (κ1) is 17.9. The first-order valence-electron chi connectivity index (χ1n) is 7.89. The van der Waals surface area contributed by atoms with Crippen LogP contribution in [0.4, 0.5) is 11.6 Å². The molecule has 0 atom stereocenters. The topological polar surface area (TPSA) is 130 Å². The molecule has 3 N–H and O–H groups in total. The van der Waals surface area contributed by atoms with Crippen molar-refractivity contribution < 1.29 is 14.3 Å². The fraction of sp³-hybridized carbons (Fsp3) is 0.118. The molecule has 3 rings (SSSR count). The van der Waals surface area contributed by atoms with Crippen molar-refractivity contribution >= 4 is 23.8 Å². The van der Waals surface area contributed by atoms with E-state index in [2.05, 4.69) is 25.9 Å². The number of para-hydroxylation sites is 1. The molecule has 0 fully saturated rings. The molecule has 0 saturated carbocycles. The van der Waals surface area contributed by atoms with Crippen molar-refractivity contribution in [3.05, 3.63) is 54.1 Å². The van der Waals surface area contributed by atoms with E-state index in [0.29, 0.717) is 17.4 Å². The number of rotatable bonds is 8. The van der Waals surface area contributed by atoms with E-state index >= 15 is 0 Å². The van der Waals surface area contributed by atoms with E-state index in [9.17, 15) is 4.79 Å². The van der Waals surface area contributed by atoms with Crippen molar-refractivity contribution in [2.75, 3.05) is 19.0 Å². The van der Waals surface area contributed by atoms with Gasteiger partial charge in [-0.05, 0) is 46.3 Å². The molecule has 2 aromatic carbocycles. The summed E-state index contributed by atoms with van der Waals surface area (Å²) in [5.74, 6) is 0.646. The zero-order chi connectivity index (χ0) is 19.1. The molecule has 138 valence electrons. The van der Waals surface area contributed by atoms with Gasteiger partial charge < -0.3 is 20.5 Å². The minimum atomic E-state index is -0.570. The number of aromatic nitrogens is 4. The number of hydrogen-bond acceptors (Lipinski definition) is 8. The summed E-state index contributed by atoms with van der Waals surface area (Å²) in [6, 6.07) is 14.6. The lowest BCUT2D eigenvalue weighted by molar-refractivity contribution is -0.119. The van der Waals surface area contributed by atoms with Crippen LogP contribution in [-0.2, 0) is 4.79 Å². The van der Waals surface area contributed by atoms with Crippen LogP contribution in [0, 0.1) is 0 Å². The van der Waals surface area contributed by atoms with E-state index in [1.807, 2.05) is 30.3 Å². The quantitative estimate of drug-likeness (QED) is 0.572. The minimum absolute atomic E-state index is 0.233. The highest BCUT2D eigenvalue weighted by atomic mass is 16.5. The van der Waals surface area contributed by atoms with Crippen LogP contribution in [0.1, 0.15) is 5.56 Å². The van der Waals surface area contributed by atoms with Gasteiger partial charge in [-0.1, -0.05) is 28.1 Å². The zero-order valence-corrected chi connectivity index (χ0v) is 14.4. The second kappa shape index (κ2) is 8.43. The van der Waals surface area contributed by atoms with Crippen LogP contribution in [0.2, 0.25) is 0 Å². The number of hydrogen-bond donors (Lipinski definition) is 2. The number of nitrogens with zero attached hydrogens (tertiary/aromatic N) is 5. The van der Waals surface area contributed by atoms with E-state index in [-0.39, 0.29) is 6.61 Å². The Morgan fingerprint density at radius 1 is 1.26 bits per heavy atom. The SMILES string of the molecule is COc1cc(C=Nn2nnnc2Nc2ccccc2)ccc1OCC(N)=O.